The van der Waals surface area contributed by atoms with Crippen LogP contribution in [0, 0.1) is 16.0 Å². The molecule has 0 aromatic carbocycles. The van der Waals surface area contributed by atoms with Crippen molar-refractivity contribution in [2.45, 2.75) is 33.2 Å². The van der Waals surface area contributed by atoms with Crippen LogP contribution >= 0.6 is 0 Å². The minimum absolute atomic E-state index is 0.151. The lowest BCUT2D eigenvalue weighted by Crippen LogP contribution is -2.38. The molecule has 1 saturated heterocycles. The third-order valence-electron chi connectivity index (χ3n) is 3.81. The molecule has 1 aliphatic rings. The van der Waals surface area contributed by atoms with Gasteiger partial charge in [0.15, 0.2) is 0 Å². The first kappa shape index (κ1) is 15.9. The Morgan fingerprint density at radius 2 is 2.10 bits per heavy atom. The molecular formula is C14H24N4O3. The lowest BCUT2D eigenvalue weighted by Gasteiger charge is -2.26. The van der Waals surface area contributed by atoms with E-state index in [4.69, 9.17) is 4.74 Å². The quantitative estimate of drug-likeness (QED) is 0.566. The Hall–Kier alpha value is -1.47. The van der Waals surface area contributed by atoms with E-state index < -0.39 is 0 Å². The zero-order chi connectivity index (χ0) is 15.2. The molecule has 0 amide bonds. The maximum Gasteiger partial charge on any atom is 0.310 e. The first-order valence-electron chi connectivity index (χ1n) is 7.57. The van der Waals surface area contributed by atoms with Gasteiger partial charge in [0.1, 0.15) is 11.9 Å². The molecule has 1 aromatic rings. The molecule has 7 nitrogen and oxygen atoms in total. The Morgan fingerprint density at radius 3 is 2.71 bits per heavy atom. The predicted molar refractivity (Wildman–Crippen MR) is 79.3 cm³/mol. The van der Waals surface area contributed by atoms with Crippen LogP contribution in [-0.2, 0) is 17.7 Å². The molecule has 118 valence electrons. The summed E-state index contributed by atoms with van der Waals surface area (Å²) in [5.41, 5.74) is 0.902. The fourth-order valence-electron chi connectivity index (χ4n) is 2.49. The molecule has 0 atom stereocenters. The average Bonchev–Trinajstić information content (AvgIpc) is 2.87. The van der Waals surface area contributed by atoms with Crippen LogP contribution in [0.4, 0.5) is 5.69 Å². The first-order chi connectivity index (χ1) is 10.1. The molecule has 21 heavy (non-hydrogen) atoms. The van der Waals surface area contributed by atoms with Crippen LogP contribution < -0.4 is 0 Å². The number of hydrogen-bond acceptors (Lipinski definition) is 5. The van der Waals surface area contributed by atoms with Crippen LogP contribution in [0.25, 0.3) is 0 Å². The molecule has 0 aliphatic carbocycles. The molecule has 2 heterocycles. The van der Waals surface area contributed by atoms with Crippen molar-refractivity contribution in [3.8, 4) is 0 Å². The number of ether oxygens (including phenoxy) is 1. The second-order valence-electron chi connectivity index (χ2n) is 5.84. The van der Waals surface area contributed by atoms with E-state index >= 15 is 0 Å². The third kappa shape index (κ3) is 4.50. The predicted octanol–water partition coefficient (Wildman–Crippen LogP) is 1.71. The van der Waals surface area contributed by atoms with E-state index in [1.165, 1.54) is 6.20 Å². The number of aromatic nitrogens is 2. The number of hydrogen-bond donors (Lipinski definition) is 0. The second-order valence-corrected chi connectivity index (χ2v) is 5.84. The van der Waals surface area contributed by atoms with Crippen molar-refractivity contribution in [2.24, 2.45) is 5.92 Å². The van der Waals surface area contributed by atoms with Crippen molar-refractivity contribution in [1.82, 2.24) is 14.7 Å². The largest absolute Gasteiger partial charge is 0.379 e. The standard InChI is InChI=1S/C14H24N4O3/c1-12(2)3-4-13-14(18(19)20)11-15-17(13)6-5-16-7-9-21-10-8-16/h11-12H,3-10H2,1-2H3. The fourth-order valence-corrected chi connectivity index (χ4v) is 2.49. The molecule has 1 aliphatic heterocycles. The highest BCUT2D eigenvalue weighted by Gasteiger charge is 2.21. The van der Waals surface area contributed by atoms with Gasteiger partial charge >= 0.3 is 5.69 Å². The van der Waals surface area contributed by atoms with Crippen molar-refractivity contribution < 1.29 is 9.66 Å². The molecule has 0 N–H and O–H groups in total. The van der Waals surface area contributed by atoms with E-state index in [0.29, 0.717) is 18.9 Å². The summed E-state index contributed by atoms with van der Waals surface area (Å²) < 4.78 is 7.12. The van der Waals surface area contributed by atoms with E-state index in [1.807, 2.05) is 0 Å². The normalized spacial score (nSPS) is 16.5. The van der Waals surface area contributed by atoms with E-state index in [-0.39, 0.29) is 10.6 Å². The molecule has 0 bridgehead atoms. The monoisotopic (exact) mass is 296 g/mol. The van der Waals surface area contributed by atoms with Crippen molar-refractivity contribution in [3.63, 3.8) is 0 Å². The average molecular weight is 296 g/mol. The summed E-state index contributed by atoms with van der Waals surface area (Å²) in [5.74, 6) is 0.521. The topological polar surface area (TPSA) is 73.4 Å². The number of nitrogens with zero attached hydrogens (tertiary/aromatic N) is 4. The minimum Gasteiger partial charge on any atom is -0.379 e. The molecule has 2 rings (SSSR count). The summed E-state index contributed by atoms with van der Waals surface area (Å²) in [6, 6.07) is 0. The molecule has 7 heteroatoms. The Morgan fingerprint density at radius 1 is 1.38 bits per heavy atom. The van der Waals surface area contributed by atoms with Gasteiger partial charge in [-0.2, -0.15) is 5.10 Å². The molecule has 0 saturated carbocycles. The van der Waals surface area contributed by atoms with E-state index in [0.717, 1.165) is 45.0 Å². The van der Waals surface area contributed by atoms with Crippen LogP contribution in [0.2, 0.25) is 0 Å². The number of morpholine rings is 1. The summed E-state index contributed by atoms with van der Waals surface area (Å²) in [7, 11) is 0. The van der Waals surface area contributed by atoms with Crippen LogP contribution in [-0.4, -0.2) is 52.5 Å². The van der Waals surface area contributed by atoms with E-state index in [2.05, 4.69) is 23.8 Å². The van der Waals surface area contributed by atoms with Gasteiger partial charge in [-0.25, -0.2) is 0 Å². The summed E-state index contributed by atoms with van der Waals surface area (Å²) in [6.07, 6.45) is 3.02. The molecule has 1 aromatic heterocycles. The Labute approximate surface area is 125 Å². The Bertz CT molecular complexity index is 467. The van der Waals surface area contributed by atoms with Gasteiger partial charge in [-0.05, 0) is 18.8 Å². The maximum absolute atomic E-state index is 11.1. The van der Waals surface area contributed by atoms with Crippen LogP contribution in [0.3, 0.4) is 0 Å². The highest BCUT2D eigenvalue weighted by Crippen LogP contribution is 2.21. The lowest BCUT2D eigenvalue weighted by atomic mass is 10.1. The summed E-state index contributed by atoms with van der Waals surface area (Å²) in [4.78, 5) is 13.1. The van der Waals surface area contributed by atoms with Gasteiger partial charge in [0.2, 0.25) is 0 Å². The van der Waals surface area contributed by atoms with Gasteiger partial charge in [0, 0.05) is 19.6 Å². The molecule has 0 spiro atoms. The van der Waals surface area contributed by atoms with Crippen molar-refractivity contribution in [3.05, 3.63) is 22.0 Å². The van der Waals surface area contributed by atoms with Crippen LogP contribution in [0.5, 0.6) is 0 Å². The van der Waals surface area contributed by atoms with Crippen molar-refractivity contribution in [2.75, 3.05) is 32.8 Å². The molecule has 1 fully saturated rings. The van der Waals surface area contributed by atoms with Crippen molar-refractivity contribution >= 4 is 5.69 Å². The fraction of sp³-hybridized carbons (Fsp3) is 0.786. The van der Waals surface area contributed by atoms with Crippen LogP contribution in [0.1, 0.15) is 26.0 Å². The lowest BCUT2D eigenvalue weighted by molar-refractivity contribution is -0.385. The number of nitro groups is 1. The van der Waals surface area contributed by atoms with Gasteiger partial charge in [0.05, 0.1) is 24.7 Å². The molecular weight excluding hydrogens is 272 g/mol. The van der Waals surface area contributed by atoms with Gasteiger partial charge in [0.25, 0.3) is 0 Å². The van der Waals surface area contributed by atoms with Crippen molar-refractivity contribution in [1.29, 1.82) is 0 Å². The number of rotatable bonds is 7. The van der Waals surface area contributed by atoms with E-state index in [9.17, 15) is 10.1 Å². The summed E-state index contributed by atoms with van der Waals surface area (Å²) in [5, 5.41) is 15.3. The molecule has 0 radical (unpaired) electrons. The van der Waals surface area contributed by atoms with Gasteiger partial charge in [-0.1, -0.05) is 13.8 Å². The maximum atomic E-state index is 11.1. The van der Waals surface area contributed by atoms with Gasteiger partial charge in [-0.3, -0.25) is 19.7 Å². The highest BCUT2D eigenvalue weighted by atomic mass is 16.6. The first-order valence-corrected chi connectivity index (χ1v) is 7.57. The summed E-state index contributed by atoms with van der Waals surface area (Å²) >= 11 is 0. The zero-order valence-corrected chi connectivity index (χ0v) is 12.8. The summed E-state index contributed by atoms with van der Waals surface area (Å²) in [6.45, 7) is 9.17. The Balaban J connectivity index is 2.01. The Kier molecular flexibility index (Phi) is 5.69. The SMILES string of the molecule is CC(C)CCc1c([N+](=O)[O-])cnn1CCN1CCOCC1. The zero-order valence-electron chi connectivity index (χ0n) is 12.8. The highest BCUT2D eigenvalue weighted by molar-refractivity contribution is 5.33. The third-order valence-corrected chi connectivity index (χ3v) is 3.81. The van der Waals surface area contributed by atoms with Gasteiger partial charge < -0.3 is 4.74 Å². The van der Waals surface area contributed by atoms with Crippen LogP contribution in [0.15, 0.2) is 6.20 Å². The van der Waals surface area contributed by atoms with Gasteiger partial charge in [-0.15, -0.1) is 0 Å². The smallest absolute Gasteiger partial charge is 0.310 e. The second kappa shape index (κ2) is 7.51. The molecule has 0 unspecified atom stereocenters. The minimum atomic E-state index is -0.326. The van der Waals surface area contributed by atoms with E-state index in [1.54, 1.807) is 4.68 Å².